The molecule has 2 aromatic rings. The van der Waals surface area contributed by atoms with Crippen LogP contribution < -0.4 is 10.5 Å². The van der Waals surface area contributed by atoms with E-state index in [1.807, 2.05) is 43.3 Å². The minimum atomic E-state index is -4.51. The highest BCUT2D eigenvalue weighted by atomic mass is 35.5. The van der Waals surface area contributed by atoms with Crippen LogP contribution in [-0.4, -0.2) is 21.9 Å². The Labute approximate surface area is 164 Å². The van der Waals surface area contributed by atoms with Crippen LogP contribution in [0.25, 0.3) is 0 Å². The van der Waals surface area contributed by atoms with Crippen molar-refractivity contribution in [1.82, 2.24) is 0 Å². The maximum atomic E-state index is 10.8. The second-order valence-electron chi connectivity index (χ2n) is 6.94. The van der Waals surface area contributed by atoms with Gasteiger partial charge < -0.3 is 20.3 Å². The van der Waals surface area contributed by atoms with E-state index in [2.05, 4.69) is 4.52 Å². The van der Waals surface area contributed by atoms with Gasteiger partial charge in [-0.1, -0.05) is 29.8 Å². The zero-order valence-electron chi connectivity index (χ0n) is 15.4. The van der Waals surface area contributed by atoms with E-state index in [0.29, 0.717) is 30.0 Å². The highest BCUT2D eigenvalue weighted by Crippen LogP contribution is 2.37. The molecule has 0 amide bonds. The Morgan fingerprint density at radius 3 is 2.52 bits per heavy atom. The Morgan fingerprint density at radius 1 is 1.19 bits per heavy atom. The zero-order chi connectivity index (χ0) is 20.1. The summed E-state index contributed by atoms with van der Waals surface area (Å²) in [4.78, 5) is 17.5. The summed E-state index contributed by atoms with van der Waals surface area (Å²) in [7, 11) is -4.51. The third kappa shape index (κ3) is 8.01. The molecule has 148 valence electrons. The van der Waals surface area contributed by atoms with Crippen LogP contribution >= 0.6 is 19.4 Å². The van der Waals surface area contributed by atoms with Gasteiger partial charge in [0.2, 0.25) is 0 Å². The quantitative estimate of drug-likeness (QED) is 0.519. The van der Waals surface area contributed by atoms with Gasteiger partial charge in [0.05, 0.1) is 6.61 Å². The molecule has 0 unspecified atom stereocenters. The minimum absolute atomic E-state index is 0.214. The molecule has 0 aliphatic heterocycles. The normalized spacial score (nSPS) is 14.0. The number of benzene rings is 2. The van der Waals surface area contributed by atoms with E-state index in [0.717, 1.165) is 16.9 Å². The number of ether oxygens (including phenoxy) is 1. The first-order valence-corrected chi connectivity index (χ1v) is 10.5. The molecule has 2 aromatic carbocycles. The van der Waals surface area contributed by atoms with Crippen molar-refractivity contribution in [1.29, 1.82) is 0 Å². The summed E-state index contributed by atoms with van der Waals surface area (Å²) in [5, 5.41) is 0.602. The fourth-order valence-corrected chi connectivity index (χ4v) is 3.32. The fourth-order valence-electron chi connectivity index (χ4n) is 2.60. The van der Waals surface area contributed by atoms with Gasteiger partial charge in [0, 0.05) is 10.6 Å². The predicted octanol–water partition coefficient (Wildman–Crippen LogP) is 4.59. The fraction of sp³-hybridized carbons (Fsp3) is 0.368. The number of hydrogen-bond donors (Lipinski definition) is 3. The lowest BCUT2D eigenvalue weighted by Crippen LogP contribution is -2.40. The number of aryl methyl sites for hydroxylation is 2. The smallest absolute Gasteiger partial charge is 0.457 e. The first kappa shape index (κ1) is 21.9. The predicted molar refractivity (Wildman–Crippen MR) is 106 cm³/mol. The summed E-state index contributed by atoms with van der Waals surface area (Å²) >= 11 is 6.36. The monoisotopic (exact) mass is 413 g/mol. The van der Waals surface area contributed by atoms with Gasteiger partial charge >= 0.3 is 7.82 Å². The SMILES string of the molecule is Cc1cccc(Oc2ccc(CCC[C@@](C)(N)COP(=O)(O)O)c(Cl)c2)c1. The molecule has 8 heteroatoms. The number of phosphoric ester groups is 1. The van der Waals surface area contributed by atoms with Gasteiger partial charge in [-0.15, -0.1) is 0 Å². The molecule has 0 saturated heterocycles. The average Bonchev–Trinajstić information content (AvgIpc) is 2.55. The molecule has 0 fully saturated rings. The van der Waals surface area contributed by atoms with Gasteiger partial charge in [0.25, 0.3) is 0 Å². The van der Waals surface area contributed by atoms with Crippen molar-refractivity contribution in [3.05, 3.63) is 58.6 Å². The van der Waals surface area contributed by atoms with Gasteiger partial charge in [-0.05, 0) is 68.5 Å². The number of rotatable bonds is 9. The standard InChI is InChI=1S/C19H25ClNO5P/c1-14-5-3-7-16(11-14)26-17-9-8-15(18(20)12-17)6-4-10-19(2,21)13-25-27(22,23)24/h3,5,7-9,11-12H,4,6,10,13,21H2,1-2H3,(H2,22,23,24)/t19-/m1/s1. The minimum Gasteiger partial charge on any atom is -0.457 e. The zero-order valence-corrected chi connectivity index (χ0v) is 17.0. The molecule has 1 atom stereocenters. The maximum absolute atomic E-state index is 10.8. The second-order valence-corrected chi connectivity index (χ2v) is 8.59. The van der Waals surface area contributed by atoms with Crippen LogP contribution in [0.2, 0.25) is 5.02 Å². The van der Waals surface area contributed by atoms with Crippen LogP contribution in [0.15, 0.2) is 42.5 Å². The third-order valence-electron chi connectivity index (χ3n) is 4.01. The van der Waals surface area contributed by atoms with E-state index < -0.39 is 13.4 Å². The molecule has 0 aromatic heterocycles. The Kier molecular flexibility index (Phi) is 7.46. The molecule has 0 bridgehead atoms. The molecule has 0 aliphatic rings. The topological polar surface area (TPSA) is 102 Å². The van der Waals surface area contributed by atoms with Crippen LogP contribution in [0.4, 0.5) is 0 Å². The third-order valence-corrected chi connectivity index (χ3v) is 4.82. The summed E-state index contributed by atoms with van der Waals surface area (Å²) in [5.41, 5.74) is 7.27. The summed E-state index contributed by atoms with van der Waals surface area (Å²) in [6.07, 6.45) is 1.92. The van der Waals surface area contributed by atoms with E-state index in [4.69, 9.17) is 31.9 Å². The molecule has 0 heterocycles. The lowest BCUT2D eigenvalue weighted by Gasteiger charge is -2.24. The van der Waals surface area contributed by atoms with Gasteiger partial charge in [-0.25, -0.2) is 4.57 Å². The first-order valence-electron chi connectivity index (χ1n) is 8.56. The first-order chi connectivity index (χ1) is 12.5. The highest BCUT2D eigenvalue weighted by Gasteiger charge is 2.24. The molecule has 27 heavy (non-hydrogen) atoms. The number of hydrogen-bond acceptors (Lipinski definition) is 4. The van der Waals surface area contributed by atoms with Crippen LogP contribution in [0.5, 0.6) is 11.5 Å². The number of phosphoric acid groups is 1. The molecule has 4 N–H and O–H groups in total. The summed E-state index contributed by atoms with van der Waals surface area (Å²) in [5.74, 6) is 1.41. The molecule has 6 nitrogen and oxygen atoms in total. The molecule has 0 spiro atoms. The van der Waals surface area contributed by atoms with E-state index in [1.165, 1.54) is 0 Å². The largest absolute Gasteiger partial charge is 0.469 e. The van der Waals surface area contributed by atoms with Crippen LogP contribution in [0.3, 0.4) is 0 Å². The van der Waals surface area contributed by atoms with Gasteiger partial charge in [0.15, 0.2) is 0 Å². The maximum Gasteiger partial charge on any atom is 0.469 e. The molecule has 0 saturated carbocycles. The Bertz CT molecular complexity index is 821. The van der Waals surface area contributed by atoms with Crippen molar-refractivity contribution in [3.8, 4) is 11.5 Å². The Balaban J connectivity index is 1.89. The Morgan fingerprint density at radius 2 is 1.89 bits per heavy atom. The lowest BCUT2D eigenvalue weighted by atomic mass is 9.95. The summed E-state index contributed by atoms with van der Waals surface area (Å²) < 4.78 is 21.1. The second kappa shape index (κ2) is 9.20. The van der Waals surface area contributed by atoms with Gasteiger partial charge in [-0.2, -0.15) is 0 Å². The van der Waals surface area contributed by atoms with Crippen molar-refractivity contribution in [2.24, 2.45) is 5.73 Å². The van der Waals surface area contributed by atoms with Crippen molar-refractivity contribution in [2.75, 3.05) is 6.61 Å². The molecule has 2 rings (SSSR count). The van der Waals surface area contributed by atoms with Crippen molar-refractivity contribution in [3.63, 3.8) is 0 Å². The van der Waals surface area contributed by atoms with Crippen molar-refractivity contribution < 1.29 is 23.6 Å². The number of nitrogens with two attached hydrogens (primary N) is 1. The molecule has 0 radical (unpaired) electrons. The van der Waals surface area contributed by atoms with E-state index in [-0.39, 0.29) is 6.61 Å². The summed E-state index contributed by atoms with van der Waals surface area (Å²) in [6, 6.07) is 13.3. The van der Waals surface area contributed by atoms with Crippen molar-refractivity contribution >= 4 is 19.4 Å². The van der Waals surface area contributed by atoms with Gasteiger partial charge in [-0.3, -0.25) is 4.52 Å². The van der Waals surface area contributed by atoms with E-state index in [1.54, 1.807) is 13.0 Å². The summed E-state index contributed by atoms with van der Waals surface area (Å²) in [6.45, 7) is 3.48. The molecule has 0 aliphatic carbocycles. The van der Waals surface area contributed by atoms with E-state index >= 15 is 0 Å². The van der Waals surface area contributed by atoms with Crippen LogP contribution in [0.1, 0.15) is 30.9 Å². The Hall–Kier alpha value is -1.40. The highest BCUT2D eigenvalue weighted by molar-refractivity contribution is 7.46. The van der Waals surface area contributed by atoms with Crippen LogP contribution in [-0.2, 0) is 15.5 Å². The van der Waals surface area contributed by atoms with Crippen molar-refractivity contribution in [2.45, 2.75) is 38.6 Å². The number of halogens is 1. The van der Waals surface area contributed by atoms with E-state index in [9.17, 15) is 4.57 Å². The molecular weight excluding hydrogens is 389 g/mol. The average molecular weight is 414 g/mol. The lowest BCUT2D eigenvalue weighted by molar-refractivity contribution is 0.153. The molecular formula is C19H25ClNO5P. The van der Waals surface area contributed by atoms with Crippen LogP contribution in [0, 0.1) is 6.92 Å². The van der Waals surface area contributed by atoms with Gasteiger partial charge in [0.1, 0.15) is 11.5 Å².